The average molecular weight is 270 g/mol. The summed E-state index contributed by atoms with van der Waals surface area (Å²) >= 11 is 0. The van der Waals surface area contributed by atoms with E-state index in [0.29, 0.717) is 0 Å². The van der Waals surface area contributed by atoms with Gasteiger partial charge in [0.05, 0.1) is 25.6 Å². The maximum Gasteiger partial charge on any atom is 0.326 e. The summed E-state index contributed by atoms with van der Waals surface area (Å²) < 4.78 is 5.05. The van der Waals surface area contributed by atoms with E-state index >= 15 is 0 Å². The van der Waals surface area contributed by atoms with E-state index in [4.69, 9.17) is 20.8 Å². The number of carbonyl (C=O) groups excluding carboxylic acids is 2. The molecule has 1 saturated heterocycles. The quantitative estimate of drug-likeness (QED) is 0.552. The standard InChI is InChI=1S/C10H14N4O5/c11-4-6-5-14(1-2-19-6)10(18)13-7(9(16)17)3-8(12)15/h6-7H,1-3,5H2,(H2,12,15)(H,13,18)(H,16,17)/t6?,7-/m1/s1. The predicted molar refractivity (Wildman–Crippen MR) is 60.7 cm³/mol. The van der Waals surface area contributed by atoms with Crippen LogP contribution in [0.3, 0.4) is 0 Å². The van der Waals surface area contributed by atoms with E-state index in [2.05, 4.69) is 5.32 Å². The number of nitrogens with two attached hydrogens (primary N) is 1. The highest BCUT2D eigenvalue weighted by atomic mass is 16.5. The fourth-order valence-corrected chi connectivity index (χ4v) is 1.55. The van der Waals surface area contributed by atoms with Crippen molar-refractivity contribution in [2.24, 2.45) is 5.73 Å². The first-order valence-electron chi connectivity index (χ1n) is 5.51. The minimum absolute atomic E-state index is 0.0469. The number of carbonyl (C=O) groups is 3. The van der Waals surface area contributed by atoms with E-state index in [9.17, 15) is 14.4 Å². The van der Waals surface area contributed by atoms with E-state index in [1.165, 1.54) is 4.90 Å². The lowest BCUT2D eigenvalue weighted by Crippen LogP contribution is -2.53. The molecule has 9 nitrogen and oxygen atoms in total. The van der Waals surface area contributed by atoms with Crippen LogP contribution >= 0.6 is 0 Å². The molecule has 0 spiro atoms. The molecule has 1 heterocycles. The number of ether oxygens (including phenoxy) is 1. The first kappa shape index (κ1) is 14.7. The summed E-state index contributed by atoms with van der Waals surface area (Å²) in [5, 5.41) is 19.7. The average Bonchev–Trinajstić information content (AvgIpc) is 2.37. The number of carboxylic acid groups (broad SMARTS) is 1. The number of nitriles is 1. The molecule has 3 amide bonds. The Hall–Kier alpha value is -2.34. The molecule has 0 aromatic rings. The van der Waals surface area contributed by atoms with Crippen LogP contribution < -0.4 is 11.1 Å². The molecule has 1 rings (SSSR count). The number of hydrogen-bond acceptors (Lipinski definition) is 5. The molecule has 0 radical (unpaired) electrons. The van der Waals surface area contributed by atoms with Crippen molar-refractivity contribution in [1.82, 2.24) is 10.2 Å². The van der Waals surface area contributed by atoms with Gasteiger partial charge in [-0.1, -0.05) is 0 Å². The number of nitrogens with one attached hydrogen (secondary N) is 1. The summed E-state index contributed by atoms with van der Waals surface area (Å²) in [6.45, 7) is 0.484. The van der Waals surface area contributed by atoms with Gasteiger partial charge in [-0.15, -0.1) is 0 Å². The van der Waals surface area contributed by atoms with Gasteiger partial charge in [-0.25, -0.2) is 9.59 Å². The molecule has 0 aromatic carbocycles. The predicted octanol–water partition coefficient (Wildman–Crippen LogP) is -1.75. The van der Waals surface area contributed by atoms with Crippen molar-refractivity contribution >= 4 is 17.9 Å². The zero-order valence-corrected chi connectivity index (χ0v) is 10.0. The number of primary amides is 1. The van der Waals surface area contributed by atoms with Crippen molar-refractivity contribution in [2.75, 3.05) is 19.7 Å². The van der Waals surface area contributed by atoms with Crippen LogP contribution in [0.5, 0.6) is 0 Å². The molecule has 2 atom stereocenters. The second-order valence-corrected chi connectivity index (χ2v) is 3.95. The Labute approximate surface area is 108 Å². The van der Waals surface area contributed by atoms with Crippen LogP contribution in [0, 0.1) is 11.3 Å². The number of rotatable bonds is 4. The molecule has 0 aliphatic carbocycles. The van der Waals surface area contributed by atoms with Crippen LogP contribution in [0.2, 0.25) is 0 Å². The van der Waals surface area contributed by atoms with Gasteiger partial charge < -0.3 is 25.8 Å². The fraction of sp³-hybridized carbons (Fsp3) is 0.600. The molecule has 0 saturated carbocycles. The van der Waals surface area contributed by atoms with Crippen molar-refractivity contribution in [3.8, 4) is 6.07 Å². The Morgan fingerprint density at radius 1 is 1.58 bits per heavy atom. The lowest BCUT2D eigenvalue weighted by atomic mass is 10.2. The summed E-state index contributed by atoms with van der Waals surface area (Å²) in [6.07, 6.45) is -1.23. The number of aliphatic carboxylic acids is 1. The highest BCUT2D eigenvalue weighted by molar-refractivity contribution is 5.87. The Morgan fingerprint density at radius 3 is 2.79 bits per heavy atom. The maximum absolute atomic E-state index is 11.8. The topological polar surface area (TPSA) is 146 Å². The Kier molecular flexibility index (Phi) is 5.08. The second-order valence-electron chi connectivity index (χ2n) is 3.95. The highest BCUT2D eigenvalue weighted by Gasteiger charge is 2.28. The molecule has 104 valence electrons. The summed E-state index contributed by atoms with van der Waals surface area (Å²) in [5.41, 5.74) is 4.90. The van der Waals surface area contributed by atoms with Gasteiger partial charge >= 0.3 is 12.0 Å². The molecule has 0 bridgehead atoms. The Morgan fingerprint density at radius 2 is 2.26 bits per heavy atom. The number of nitrogens with zero attached hydrogens (tertiary/aromatic N) is 2. The molecule has 1 aliphatic rings. The SMILES string of the molecule is N#CC1CN(C(=O)N[C@H](CC(N)=O)C(=O)O)CCO1. The monoisotopic (exact) mass is 270 g/mol. The third kappa shape index (κ3) is 4.44. The molecule has 19 heavy (non-hydrogen) atoms. The molecule has 4 N–H and O–H groups in total. The van der Waals surface area contributed by atoms with Gasteiger partial charge in [0.2, 0.25) is 5.91 Å². The van der Waals surface area contributed by atoms with E-state index in [0.717, 1.165) is 0 Å². The molecular weight excluding hydrogens is 256 g/mol. The minimum Gasteiger partial charge on any atom is -0.480 e. The first-order chi connectivity index (χ1) is 8.93. The van der Waals surface area contributed by atoms with E-state index in [-0.39, 0.29) is 19.7 Å². The molecule has 1 aliphatic heterocycles. The van der Waals surface area contributed by atoms with Crippen LogP contribution in [0.15, 0.2) is 0 Å². The van der Waals surface area contributed by atoms with Gasteiger partial charge in [0, 0.05) is 6.54 Å². The third-order valence-electron chi connectivity index (χ3n) is 2.50. The number of amides is 3. The Balaban J connectivity index is 2.59. The summed E-state index contributed by atoms with van der Waals surface area (Å²) in [7, 11) is 0. The van der Waals surface area contributed by atoms with E-state index in [1.54, 1.807) is 0 Å². The lowest BCUT2D eigenvalue weighted by Gasteiger charge is -2.30. The van der Waals surface area contributed by atoms with Gasteiger partial charge in [0.25, 0.3) is 0 Å². The van der Waals surface area contributed by atoms with Gasteiger partial charge in [0.15, 0.2) is 6.10 Å². The van der Waals surface area contributed by atoms with Crippen LogP contribution in [-0.4, -0.2) is 59.8 Å². The van der Waals surface area contributed by atoms with Crippen molar-refractivity contribution in [3.63, 3.8) is 0 Å². The van der Waals surface area contributed by atoms with Crippen LogP contribution in [0.25, 0.3) is 0 Å². The van der Waals surface area contributed by atoms with E-state index < -0.39 is 36.5 Å². The van der Waals surface area contributed by atoms with Crippen LogP contribution in [0.4, 0.5) is 4.79 Å². The molecular formula is C10H14N4O5. The van der Waals surface area contributed by atoms with Crippen molar-refractivity contribution in [3.05, 3.63) is 0 Å². The van der Waals surface area contributed by atoms with Crippen molar-refractivity contribution in [2.45, 2.75) is 18.6 Å². The zero-order valence-electron chi connectivity index (χ0n) is 10.0. The molecule has 1 fully saturated rings. The second kappa shape index (κ2) is 6.55. The minimum atomic E-state index is -1.38. The summed E-state index contributed by atoms with van der Waals surface area (Å²) in [4.78, 5) is 34.6. The molecule has 1 unspecified atom stereocenters. The number of urea groups is 1. The number of carboxylic acids is 1. The van der Waals surface area contributed by atoms with Gasteiger partial charge in [-0.2, -0.15) is 5.26 Å². The van der Waals surface area contributed by atoms with Crippen LogP contribution in [0.1, 0.15) is 6.42 Å². The number of morpholine rings is 1. The zero-order chi connectivity index (χ0) is 14.4. The lowest BCUT2D eigenvalue weighted by molar-refractivity contribution is -0.141. The Bertz CT molecular complexity index is 419. The van der Waals surface area contributed by atoms with Gasteiger partial charge in [-0.05, 0) is 0 Å². The highest BCUT2D eigenvalue weighted by Crippen LogP contribution is 2.05. The summed E-state index contributed by atoms with van der Waals surface area (Å²) in [6, 6.07) is -0.188. The van der Waals surface area contributed by atoms with E-state index in [1.807, 2.05) is 6.07 Å². The van der Waals surface area contributed by atoms with Crippen LogP contribution in [-0.2, 0) is 14.3 Å². The van der Waals surface area contributed by atoms with Crippen molar-refractivity contribution in [1.29, 1.82) is 5.26 Å². The largest absolute Gasteiger partial charge is 0.480 e. The first-order valence-corrected chi connectivity index (χ1v) is 5.51. The normalized spacial score (nSPS) is 20.2. The summed E-state index contributed by atoms with van der Waals surface area (Å²) in [5.74, 6) is -2.18. The molecule has 0 aromatic heterocycles. The van der Waals surface area contributed by atoms with Gasteiger partial charge in [0.1, 0.15) is 6.04 Å². The fourth-order valence-electron chi connectivity index (χ4n) is 1.55. The third-order valence-corrected chi connectivity index (χ3v) is 2.50. The van der Waals surface area contributed by atoms with Gasteiger partial charge in [-0.3, -0.25) is 4.79 Å². The number of hydrogen-bond donors (Lipinski definition) is 3. The smallest absolute Gasteiger partial charge is 0.326 e. The molecule has 9 heteroatoms. The van der Waals surface area contributed by atoms with Crippen molar-refractivity contribution < 1.29 is 24.2 Å². The maximum atomic E-state index is 11.8.